The average molecular weight is 192 g/mol. The van der Waals surface area contributed by atoms with Crippen molar-refractivity contribution in [1.29, 1.82) is 0 Å². The van der Waals surface area contributed by atoms with E-state index in [4.69, 9.17) is 5.11 Å². The molecular formula is C7H12O6. The van der Waals surface area contributed by atoms with E-state index in [0.29, 0.717) is 0 Å². The molecule has 0 bridgehead atoms. The SMILES string of the molecule is COC(=O)[C@H](O)[C@](C)(O)C(=O)OC. The molecule has 2 N–H and O–H groups in total. The maximum atomic E-state index is 10.9. The number of hydrogen-bond acceptors (Lipinski definition) is 6. The highest BCUT2D eigenvalue weighted by atomic mass is 16.6. The molecule has 0 rings (SSSR count). The minimum atomic E-state index is -2.29. The van der Waals surface area contributed by atoms with Crippen molar-refractivity contribution in [3.05, 3.63) is 0 Å². The Labute approximate surface area is 75.1 Å². The Morgan fingerprint density at radius 3 is 2.08 bits per heavy atom. The van der Waals surface area contributed by atoms with Crippen molar-refractivity contribution in [2.45, 2.75) is 18.6 Å². The number of aliphatic hydroxyl groups is 2. The van der Waals surface area contributed by atoms with Crippen molar-refractivity contribution in [3.63, 3.8) is 0 Å². The van der Waals surface area contributed by atoms with E-state index < -0.39 is 23.6 Å². The van der Waals surface area contributed by atoms with E-state index >= 15 is 0 Å². The molecule has 0 aliphatic carbocycles. The first-order chi connectivity index (χ1) is 5.87. The van der Waals surface area contributed by atoms with Crippen LogP contribution in [0.1, 0.15) is 6.92 Å². The normalized spacial score (nSPS) is 17.0. The largest absolute Gasteiger partial charge is 0.467 e. The van der Waals surface area contributed by atoms with E-state index in [0.717, 1.165) is 21.1 Å². The summed E-state index contributed by atoms with van der Waals surface area (Å²) in [5, 5.41) is 18.4. The fourth-order valence-electron chi connectivity index (χ4n) is 0.659. The fraction of sp³-hybridized carbons (Fsp3) is 0.714. The minimum Gasteiger partial charge on any atom is -0.467 e. The highest BCUT2D eigenvalue weighted by Gasteiger charge is 2.44. The smallest absolute Gasteiger partial charge is 0.340 e. The minimum absolute atomic E-state index is 0.959. The summed E-state index contributed by atoms with van der Waals surface area (Å²) in [6.45, 7) is 0.959. The molecule has 0 aromatic carbocycles. The second-order valence-corrected chi connectivity index (χ2v) is 2.56. The van der Waals surface area contributed by atoms with Crippen molar-refractivity contribution >= 4 is 11.9 Å². The van der Waals surface area contributed by atoms with Crippen molar-refractivity contribution in [2.75, 3.05) is 14.2 Å². The summed E-state index contributed by atoms with van der Waals surface area (Å²) in [6.07, 6.45) is -1.95. The Morgan fingerprint density at radius 1 is 1.31 bits per heavy atom. The Kier molecular flexibility index (Phi) is 3.83. The van der Waals surface area contributed by atoms with Crippen LogP contribution in [-0.4, -0.2) is 48.1 Å². The molecule has 0 saturated heterocycles. The van der Waals surface area contributed by atoms with Gasteiger partial charge in [0.1, 0.15) is 0 Å². The van der Waals surface area contributed by atoms with Gasteiger partial charge in [-0.2, -0.15) is 0 Å². The average Bonchev–Trinajstić information content (AvgIpc) is 2.13. The molecule has 0 saturated carbocycles. The van der Waals surface area contributed by atoms with Gasteiger partial charge in [-0.05, 0) is 6.92 Å². The molecule has 0 aromatic heterocycles. The van der Waals surface area contributed by atoms with Crippen LogP contribution in [0, 0.1) is 0 Å². The third-order valence-corrected chi connectivity index (χ3v) is 1.56. The molecule has 0 aromatic rings. The third-order valence-electron chi connectivity index (χ3n) is 1.56. The Morgan fingerprint density at radius 2 is 1.77 bits per heavy atom. The predicted octanol–water partition coefficient (Wildman–Crippen LogP) is -1.56. The van der Waals surface area contributed by atoms with Crippen molar-refractivity contribution in [2.24, 2.45) is 0 Å². The van der Waals surface area contributed by atoms with Crippen LogP contribution >= 0.6 is 0 Å². The molecule has 0 fully saturated rings. The molecule has 6 heteroatoms. The predicted molar refractivity (Wildman–Crippen MR) is 40.7 cm³/mol. The van der Waals surface area contributed by atoms with Crippen molar-refractivity contribution < 1.29 is 29.3 Å². The second kappa shape index (κ2) is 4.20. The summed E-state index contributed by atoms with van der Waals surface area (Å²) in [5.41, 5.74) is -2.29. The standard InChI is InChI=1S/C7H12O6/c1-7(11,6(10)13-3)4(8)5(9)12-2/h4,8,11H,1-3H3/t4-,7-/m0/s1. The number of esters is 2. The summed E-state index contributed by atoms with van der Waals surface area (Å²) in [4.78, 5) is 21.6. The van der Waals surface area contributed by atoms with Gasteiger partial charge in [0.05, 0.1) is 14.2 Å². The molecule has 13 heavy (non-hydrogen) atoms. The quantitative estimate of drug-likeness (QED) is 0.525. The first kappa shape index (κ1) is 11.9. The van der Waals surface area contributed by atoms with E-state index in [9.17, 15) is 14.7 Å². The van der Waals surface area contributed by atoms with E-state index in [1.807, 2.05) is 0 Å². The van der Waals surface area contributed by atoms with Gasteiger partial charge in [-0.1, -0.05) is 0 Å². The van der Waals surface area contributed by atoms with Gasteiger partial charge in [0.15, 0.2) is 11.7 Å². The number of hydrogen-bond donors (Lipinski definition) is 2. The molecule has 6 nitrogen and oxygen atoms in total. The lowest BCUT2D eigenvalue weighted by atomic mass is 10.00. The highest BCUT2D eigenvalue weighted by molar-refractivity contribution is 5.88. The van der Waals surface area contributed by atoms with Crippen LogP contribution < -0.4 is 0 Å². The van der Waals surface area contributed by atoms with Gasteiger partial charge in [0, 0.05) is 0 Å². The van der Waals surface area contributed by atoms with Crippen molar-refractivity contribution in [1.82, 2.24) is 0 Å². The van der Waals surface area contributed by atoms with Gasteiger partial charge in [-0.15, -0.1) is 0 Å². The molecule has 0 amide bonds. The van der Waals surface area contributed by atoms with E-state index in [1.165, 1.54) is 0 Å². The zero-order valence-electron chi connectivity index (χ0n) is 7.60. The van der Waals surface area contributed by atoms with Crippen LogP contribution in [0.25, 0.3) is 0 Å². The van der Waals surface area contributed by atoms with Crippen LogP contribution in [0.5, 0.6) is 0 Å². The molecule has 76 valence electrons. The lowest BCUT2D eigenvalue weighted by Crippen LogP contribution is -2.51. The highest BCUT2D eigenvalue weighted by Crippen LogP contribution is 2.12. The first-order valence-electron chi connectivity index (χ1n) is 3.44. The van der Waals surface area contributed by atoms with Gasteiger partial charge < -0.3 is 19.7 Å². The topological polar surface area (TPSA) is 93.1 Å². The molecule has 0 aliphatic heterocycles. The van der Waals surface area contributed by atoms with E-state index in [1.54, 1.807) is 0 Å². The zero-order chi connectivity index (χ0) is 10.6. The number of methoxy groups -OCH3 is 2. The summed E-state index contributed by atoms with van der Waals surface area (Å²) < 4.78 is 8.31. The molecule has 0 spiro atoms. The Bertz CT molecular complexity index is 209. The molecule has 0 unspecified atom stereocenters. The van der Waals surface area contributed by atoms with Crippen molar-refractivity contribution in [3.8, 4) is 0 Å². The lowest BCUT2D eigenvalue weighted by Gasteiger charge is -2.23. The van der Waals surface area contributed by atoms with Crippen LogP contribution in [-0.2, 0) is 19.1 Å². The Balaban J connectivity index is 4.62. The van der Waals surface area contributed by atoms with E-state index in [2.05, 4.69) is 9.47 Å². The lowest BCUT2D eigenvalue weighted by molar-refractivity contribution is -0.184. The number of rotatable bonds is 3. The second-order valence-electron chi connectivity index (χ2n) is 2.56. The summed E-state index contributed by atoms with van der Waals surface area (Å²) in [5.74, 6) is -2.21. The van der Waals surface area contributed by atoms with Crippen LogP contribution in [0.4, 0.5) is 0 Å². The third kappa shape index (κ3) is 2.40. The number of carbonyl (C=O) groups excluding carboxylic acids is 2. The maximum absolute atomic E-state index is 10.9. The summed E-state index contributed by atoms with van der Waals surface area (Å²) in [7, 11) is 2.06. The molecule has 2 atom stereocenters. The summed E-state index contributed by atoms with van der Waals surface area (Å²) in [6, 6.07) is 0. The van der Waals surface area contributed by atoms with Gasteiger partial charge in [0.2, 0.25) is 0 Å². The number of aliphatic hydroxyl groups excluding tert-OH is 1. The van der Waals surface area contributed by atoms with Gasteiger partial charge in [-0.25, -0.2) is 9.59 Å². The maximum Gasteiger partial charge on any atom is 0.340 e. The summed E-state index contributed by atoms with van der Waals surface area (Å²) >= 11 is 0. The molecular weight excluding hydrogens is 180 g/mol. The van der Waals surface area contributed by atoms with Gasteiger partial charge in [-0.3, -0.25) is 0 Å². The van der Waals surface area contributed by atoms with Crippen LogP contribution in [0.15, 0.2) is 0 Å². The van der Waals surface area contributed by atoms with Crippen LogP contribution in [0.3, 0.4) is 0 Å². The van der Waals surface area contributed by atoms with Gasteiger partial charge >= 0.3 is 11.9 Å². The first-order valence-corrected chi connectivity index (χ1v) is 3.44. The molecule has 0 aliphatic rings. The number of carbonyl (C=O) groups is 2. The fourth-order valence-corrected chi connectivity index (χ4v) is 0.659. The zero-order valence-corrected chi connectivity index (χ0v) is 7.60. The molecule has 0 heterocycles. The Hall–Kier alpha value is -1.14. The van der Waals surface area contributed by atoms with Crippen LogP contribution in [0.2, 0.25) is 0 Å². The number of ether oxygens (including phenoxy) is 2. The monoisotopic (exact) mass is 192 g/mol. The molecule has 0 radical (unpaired) electrons. The van der Waals surface area contributed by atoms with Gasteiger partial charge in [0.25, 0.3) is 0 Å². The van der Waals surface area contributed by atoms with E-state index in [-0.39, 0.29) is 0 Å².